The summed E-state index contributed by atoms with van der Waals surface area (Å²) in [5.74, 6) is 0.818. The maximum absolute atomic E-state index is 11.4. The van der Waals surface area contributed by atoms with Crippen molar-refractivity contribution in [3.05, 3.63) is 83.4 Å². The van der Waals surface area contributed by atoms with E-state index in [1.54, 1.807) is 42.2 Å². The lowest BCUT2D eigenvalue weighted by Crippen LogP contribution is -2.00. The molecule has 0 unspecified atom stereocenters. The first-order valence-corrected chi connectivity index (χ1v) is 13.6. The summed E-state index contributed by atoms with van der Waals surface area (Å²) in [5.41, 5.74) is 1.54. The molecule has 0 saturated carbocycles. The second kappa shape index (κ2) is 12.0. The number of rotatable bonds is 6. The lowest BCUT2D eigenvalue weighted by molar-refractivity contribution is 0.602. The topological polar surface area (TPSA) is 110 Å². The van der Waals surface area contributed by atoms with E-state index in [9.17, 15) is 8.42 Å². The highest BCUT2D eigenvalue weighted by molar-refractivity contribution is 7.98. The van der Waals surface area contributed by atoms with Gasteiger partial charge in [0, 0.05) is 34.9 Å². The molecule has 0 saturated heterocycles. The predicted octanol–water partition coefficient (Wildman–Crippen LogP) is 5.87. The molecule has 0 fully saturated rings. The standard InChI is InChI=1S/C11H10ClN3O2S.C11H10ClN3S/c1-18(16,17)9-4-2-3-8(7-9)14-11-13-6-5-10(12)15-11;1-16-9-4-2-3-8(7-9)14-11-13-6-5-10(12)15-11/h2-7H,1H3,(H,13,14,15);2-7H,1H3,(H,13,14,15). The quantitative estimate of drug-likeness (QED) is 0.231. The van der Waals surface area contributed by atoms with Gasteiger partial charge in [-0.3, -0.25) is 0 Å². The minimum absolute atomic E-state index is 0.231. The number of anilines is 4. The maximum Gasteiger partial charge on any atom is 0.228 e. The monoisotopic (exact) mass is 534 g/mol. The SMILES string of the molecule is CS(=O)(=O)c1cccc(Nc2nccc(Cl)n2)c1.CSc1cccc(Nc2nccc(Cl)n2)c1. The van der Waals surface area contributed by atoms with Gasteiger partial charge in [-0.05, 0) is 54.8 Å². The van der Waals surface area contributed by atoms with Crippen molar-refractivity contribution in [3.63, 3.8) is 0 Å². The van der Waals surface area contributed by atoms with Crippen LogP contribution in [0.15, 0.2) is 82.8 Å². The van der Waals surface area contributed by atoms with E-state index in [0.717, 1.165) is 11.9 Å². The van der Waals surface area contributed by atoms with Crippen molar-refractivity contribution in [2.45, 2.75) is 9.79 Å². The molecule has 0 amide bonds. The van der Waals surface area contributed by atoms with Gasteiger partial charge in [0.1, 0.15) is 10.3 Å². The first-order chi connectivity index (χ1) is 16.2. The van der Waals surface area contributed by atoms with E-state index in [1.165, 1.54) is 23.2 Å². The molecule has 2 aromatic heterocycles. The average molecular weight is 535 g/mol. The van der Waals surface area contributed by atoms with Crippen LogP contribution in [0.1, 0.15) is 0 Å². The molecule has 34 heavy (non-hydrogen) atoms. The zero-order valence-electron chi connectivity index (χ0n) is 18.1. The van der Waals surface area contributed by atoms with Gasteiger partial charge in [-0.1, -0.05) is 35.3 Å². The summed E-state index contributed by atoms with van der Waals surface area (Å²) < 4.78 is 22.8. The number of halogens is 2. The lowest BCUT2D eigenvalue weighted by atomic mass is 10.3. The Bertz CT molecular complexity index is 1370. The van der Waals surface area contributed by atoms with E-state index in [1.807, 2.05) is 24.5 Å². The van der Waals surface area contributed by atoms with Gasteiger partial charge in [0.15, 0.2) is 9.84 Å². The second-order valence-corrected chi connectivity index (χ2v) is 10.4. The van der Waals surface area contributed by atoms with Crippen molar-refractivity contribution in [1.82, 2.24) is 19.9 Å². The second-order valence-electron chi connectivity index (χ2n) is 6.69. The van der Waals surface area contributed by atoms with Crippen molar-refractivity contribution in [1.29, 1.82) is 0 Å². The fraction of sp³-hybridized carbons (Fsp3) is 0.0909. The van der Waals surface area contributed by atoms with Crippen LogP contribution >= 0.6 is 35.0 Å². The van der Waals surface area contributed by atoms with Crippen molar-refractivity contribution in [3.8, 4) is 0 Å². The molecule has 0 bridgehead atoms. The highest BCUT2D eigenvalue weighted by atomic mass is 35.5. The van der Waals surface area contributed by atoms with Gasteiger partial charge in [-0.2, -0.15) is 0 Å². The predicted molar refractivity (Wildman–Crippen MR) is 138 cm³/mol. The van der Waals surface area contributed by atoms with Crippen LogP contribution in [0, 0.1) is 0 Å². The first-order valence-electron chi connectivity index (χ1n) is 9.68. The third kappa shape index (κ3) is 8.14. The van der Waals surface area contributed by atoms with E-state index < -0.39 is 9.84 Å². The molecule has 0 spiro atoms. The number of thioether (sulfide) groups is 1. The van der Waals surface area contributed by atoms with Crippen LogP contribution < -0.4 is 10.6 Å². The molecule has 4 rings (SSSR count). The highest BCUT2D eigenvalue weighted by Crippen LogP contribution is 2.21. The van der Waals surface area contributed by atoms with Crippen molar-refractivity contribution >= 4 is 68.1 Å². The van der Waals surface area contributed by atoms with E-state index in [4.69, 9.17) is 23.2 Å². The van der Waals surface area contributed by atoms with Gasteiger partial charge in [-0.25, -0.2) is 28.4 Å². The fourth-order valence-electron chi connectivity index (χ4n) is 2.56. The van der Waals surface area contributed by atoms with Gasteiger partial charge < -0.3 is 10.6 Å². The van der Waals surface area contributed by atoms with Crippen LogP contribution in [0.4, 0.5) is 23.3 Å². The van der Waals surface area contributed by atoms with Crippen LogP contribution in [0.5, 0.6) is 0 Å². The molecule has 2 heterocycles. The number of nitrogens with one attached hydrogen (secondary N) is 2. The summed E-state index contributed by atoms with van der Waals surface area (Å²) in [6, 6.07) is 17.6. The molecule has 4 aromatic rings. The summed E-state index contributed by atoms with van der Waals surface area (Å²) in [6.07, 6.45) is 6.32. The number of hydrogen-bond donors (Lipinski definition) is 2. The number of nitrogens with zero attached hydrogens (tertiary/aromatic N) is 4. The number of hydrogen-bond acceptors (Lipinski definition) is 9. The molecule has 0 aliphatic carbocycles. The molecule has 8 nitrogen and oxygen atoms in total. The Balaban J connectivity index is 0.000000192. The summed E-state index contributed by atoms with van der Waals surface area (Å²) in [7, 11) is -3.23. The Labute approximate surface area is 212 Å². The van der Waals surface area contributed by atoms with Gasteiger partial charge in [-0.15, -0.1) is 11.8 Å². The zero-order valence-corrected chi connectivity index (χ0v) is 21.3. The summed E-state index contributed by atoms with van der Waals surface area (Å²) in [6.45, 7) is 0. The van der Waals surface area contributed by atoms with E-state index in [-0.39, 0.29) is 4.90 Å². The summed E-state index contributed by atoms with van der Waals surface area (Å²) >= 11 is 13.2. The molecular formula is C22H20Cl2N6O2S2. The maximum atomic E-state index is 11.4. The van der Waals surface area contributed by atoms with E-state index >= 15 is 0 Å². The first kappa shape index (κ1) is 25.7. The zero-order chi connectivity index (χ0) is 24.6. The van der Waals surface area contributed by atoms with E-state index in [0.29, 0.717) is 27.9 Å². The van der Waals surface area contributed by atoms with Crippen molar-refractivity contribution in [2.24, 2.45) is 0 Å². The largest absolute Gasteiger partial charge is 0.324 e. The lowest BCUT2D eigenvalue weighted by Gasteiger charge is -2.06. The van der Waals surface area contributed by atoms with Gasteiger partial charge in [0.05, 0.1) is 4.90 Å². The third-order valence-corrected chi connectivity index (χ3v) is 6.34. The van der Waals surface area contributed by atoms with Gasteiger partial charge >= 0.3 is 0 Å². The van der Waals surface area contributed by atoms with Crippen LogP contribution in [0.3, 0.4) is 0 Å². The Morgan fingerprint density at radius 1 is 0.794 bits per heavy atom. The normalized spacial score (nSPS) is 10.7. The van der Waals surface area contributed by atoms with Crippen molar-refractivity contribution < 1.29 is 8.42 Å². The van der Waals surface area contributed by atoms with Crippen molar-refractivity contribution in [2.75, 3.05) is 23.1 Å². The molecule has 0 aliphatic rings. The van der Waals surface area contributed by atoms with Crippen LogP contribution in [-0.4, -0.2) is 40.9 Å². The van der Waals surface area contributed by atoms with E-state index in [2.05, 4.69) is 36.6 Å². The molecule has 0 aliphatic heterocycles. The van der Waals surface area contributed by atoms with Crippen LogP contribution in [0.25, 0.3) is 0 Å². The Kier molecular flexibility index (Phi) is 9.05. The average Bonchev–Trinajstić information content (AvgIpc) is 2.79. The third-order valence-electron chi connectivity index (χ3n) is 4.09. The molecule has 2 aromatic carbocycles. The molecule has 176 valence electrons. The van der Waals surface area contributed by atoms with Crippen LogP contribution in [0.2, 0.25) is 10.3 Å². The molecule has 0 atom stereocenters. The minimum Gasteiger partial charge on any atom is -0.324 e. The summed E-state index contributed by atoms with van der Waals surface area (Å²) in [4.78, 5) is 17.5. The van der Waals surface area contributed by atoms with Gasteiger partial charge in [0.25, 0.3) is 0 Å². The number of benzene rings is 2. The number of aromatic nitrogens is 4. The Hall–Kier alpha value is -2.92. The Morgan fingerprint density at radius 2 is 1.32 bits per heavy atom. The van der Waals surface area contributed by atoms with Crippen LogP contribution in [-0.2, 0) is 9.84 Å². The fourth-order valence-corrected chi connectivity index (χ4v) is 3.96. The van der Waals surface area contributed by atoms with Gasteiger partial charge in [0.2, 0.25) is 11.9 Å². The smallest absolute Gasteiger partial charge is 0.228 e. The number of sulfone groups is 1. The summed E-state index contributed by atoms with van der Waals surface area (Å²) in [5, 5.41) is 6.73. The molecule has 0 radical (unpaired) electrons. The molecular weight excluding hydrogens is 515 g/mol. The Morgan fingerprint density at radius 3 is 1.82 bits per heavy atom. The molecule has 2 N–H and O–H groups in total. The minimum atomic E-state index is -3.23. The highest BCUT2D eigenvalue weighted by Gasteiger charge is 2.08. The molecule has 12 heteroatoms.